The summed E-state index contributed by atoms with van der Waals surface area (Å²) in [5.74, 6) is -0.865. The maximum Gasteiger partial charge on any atom is 0.306 e. The second-order valence-corrected chi connectivity index (χ2v) is 5.34. The summed E-state index contributed by atoms with van der Waals surface area (Å²) in [7, 11) is 0. The molecule has 2 rings (SSSR count). The van der Waals surface area contributed by atoms with Crippen LogP contribution in [0.25, 0.3) is 0 Å². The molecule has 104 valence electrons. The van der Waals surface area contributed by atoms with E-state index in [9.17, 15) is 9.59 Å². The monoisotopic (exact) mass is 284 g/mol. The van der Waals surface area contributed by atoms with Crippen LogP contribution in [-0.4, -0.2) is 52.7 Å². The smallest absolute Gasteiger partial charge is 0.306 e. The number of aromatic nitrogens is 1. The van der Waals surface area contributed by atoms with Crippen molar-refractivity contribution in [2.75, 3.05) is 19.7 Å². The van der Waals surface area contributed by atoms with Gasteiger partial charge in [-0.15, -0.1) is 11.3 Å². The first kappa shape index (κ1) is 14.0. The fourth-order valence-electron chi connectivity index (χ4n) is 2.01. The zero-order chi connectivity index (χ0) is 13.7. The quantitative estimate of drug-likeness (QED) is 0.864. The van der Waals surface area contributed by atoms with Crippen LogP contribution in [0.1, 0.15) is 17.8 Å². The molecule has 2 heterocycles. The summed E-state index contributed by atoms with van der Waals surface area (Å²) in [6.07, 6.45) is 2.32. The lowest BCUT2D eigenvalue weighted by molar-refractivity contribution is -0.147. The van der Waals surface area contributed by atoms with Crippen molar-refractivity contribution in [1.82, 2.24) is 9.88 Å². The number of carboxylic acid groups (broad SMARTS) is 1. The number of amides is 1. The molecule has 1 aliphatic heterocycles. The van der Waals surface area contributed by atoms with Gasteiger partial charge in [0, 0.05) is 37.5 Å². The van der Waals surface area contributed by atoms with E-state index in [-0.39, 0.29) is 12.3 Å². The Balaban J connectivity index is 1.79. The molecule has 1 aromatic heterocycles. The van der Waals surface area contributed by atoms with Gasteiger partial charge in [0.05, 0.1) is 24.1 Å². The van der Waals surface area contributed by atoms with Gasteiger partial charge < -0.3 is 14.7 Å². The highest BCUT2D eigenvalue weighted by Crippen LogP contribution is 2.12. The highest BCUT2D eigenvalue weighted by molar-refractivity contribution is 7.09. The molecule has 1 aromatic rings. The molecule has 1 amide bonds. The number of nitrogens with zero attached hydrogens (tertiary/aromatic N) is 2. The van der Waals surface area contributed by atoms with Gasteiger partial charge in [0.1, 0.15) is 0 Å². The molecule has 6 nitrogen and oxygen atoms in total. The standard InChI is InChI=1S/C12H16N2O4S/c15-11(2-1-10-13-3-6-19-10)14-4-5-18-9(8-14)7-12(16)17/h3,6,9H,1-2,4-5,7-8H2,(H,16,17). The molecule has 1 N–H and O–H groups in total. The predicted octanol–water partition coefficient (Wildman–Crippen LogP) is 0.778. The Morgan fingerprint density at radius 1 is 1.58 bits per heavy atom. The Morgan fingerprint density at radius 3 is 3.11 bits per heavy atom. The summed E-state index contributed by atoms with van der Waals surface area (Å²) in [6, 6.07) is 0. The van der Waals surface area contributed by atoms with Gasteiger partial charge in [0.25, 0.3) is 0 Å². The van der Waals surface area contributed by atoms with E-state index in [0.29, 0.717) is 32.5 Å². The second kappa shape index (κ2) is 6.63. The molecule has 1 unspecified atom stereocenters. The number of thiazole rings is 1. The van der Waals surface area contributed by atoms with Crippen molar-refractivity contribution < 1.29 is 19.4 Å². The second-order valence-electron chi connectivity index (χ2n) is 4.36. The molecule has 7 heteroatoms. The van der Waals surface area contributed by atoms with Gasteiger partial charge in [-0.25, -0.2) is 4.98 Å². The van der Waals surface area contributed by atoms with Gasteiger partial charge in [-0.2, -0.15) is 0 Å². The normalized spacial score (nSPS) is 19.4. The number of ether oxygens (including phenoxy) is 1. The van der Waals surface area contributed by atoms with Gasteiger partial charge >= 0.3 is 5.97 Å². The summed E-state index contributed by atoms with van der Waals surface area (Å²) in [5.41, 5.74) is 0. The largest absolute Gasteiger partial charge is 0.481 e. The van der Waals surface area contributed by atoms with Gasteiger partial charge in [0.15, 0.2) is 0 Å². The number of carbonyl (C=O) groups is 2. The molecular weight excluding hydrogens is 268 g/mol. The van der Waals surface area contributed by atoms with Crippen LogP contribution in [0.15, 0.2) is 11.6 Å². The molecule has 0 saturated carbocycles. The SMILES string of the molecule is O=C(O)CC1CN(C(=O)CCc2nccs2)CCO1. The third-order valence-corrected chi connectivity index (χ3v) is 3.77. The minimum atomic E-state index is -0.901. The molecule has 0 aliphatic carbocycles. The van der Waals surface area contributed by atoms with Crippen molar-refractivity contribution >= 4 is 23.2 Å². The van der Waals surface area contributed by atoms with Crippen molar-refractivity contribution in [3.05, 3.63) is 16.6 Å². The summed E-state index contributed by atoms with van der Waals surface area (Å²) >= 11 is 1.54. The van der Waals surface area contributed by atoms with Gasteiger partial charge in [-0.05, 0) is 0 Å². The molecule has 1 saturated heterocycles. The zero-order valence-electron chi connectivity index (χ0n) is 10.4. The van der Waals surface area contributed by atoms with Crippen LogP contribution in [0.4, 0.5) is 0 Å². The molecule has 0 radical (unpaired) electrons. The van der Waals surface area contributed by atoms with E-state index in [1.165, 1.54) is 11.3 Å². The predicted molar refractivity (Wildman–Crippen MR) is 69.0 cm³/mol. The zero-order valence-corrected chi connectivity index (χ0v) is 11.3. The molecule has 0 bridgehead atoms. The number of carbonyl (C=O) groups excluding carboxylic acids is 1. The molecule has 1 fully saturated rings. The van der Waals surface area contributed by atoms with Crippen LogP contribution in [0.5, 0.6) is 0 Å². The molecule has 1 aliphatic rings. The minimum Gasteiger partial charge on any atom is -0.481 e. The molecule has 1 atom stereocenters. The van der Waals surface area contributed by atoms with Crippen molar-refractivity contribution in [3.8, 4) is 0 Å². The average molecular weight is 284 g/mol. The highest BCUT2D eigenvalue weighted by atomic mass is 32.1. The van der Waals surface area contributed by atoms with E-state index in [0.717, 1.165) is 5.01 Å². The van der Waals surface area contributed by atoms with Crippen molar-refractivity contribution in [2.45, 2.75) is 25.4 Å². The highest BCUT2D eigenvalue weighted by Gasteiger charge is 2.25. The number of hydrogen-bond donors (Lipinski definition) is 1. The van der Waals surface area contributed by atoms with Gasteiger partial charge in [-0.3, -0.25) is 9.59 Å². The van der Waals surface area contributed by atoms with Crippen molar-refractivity contribution in [2.24, 2.45) is 0 Å². The first-order valence-corrected chi connectivity index (χ1v) is 7.02. The molecular formula is C12H16N2O4S. The van der Waals surface area contributed by atoms with Crippen LogP contribution in [-0.2, 0) is 20.7 Å². The number of rotatable bonds is 5. The Labute approximate surface area is 115 Å². The van der Waals surface area contributed by atoms with E-state index in [4.69, 9.17) is 9.84 Å². The van der Waals surface area contributed by atoms with E-state index in [2.05, 4.69) is 4.98 Å². The van der Waals surface area contributed by atoms with Crippen LogP contribution >= 0.6 is 11.3 Å². The Hall–Kier alpha value is -1.47. The summed E-state index contributed by atoms with van der Waals surface area (Å²) in [4.78, 5) is 28.5. The summed E-state index contributed by atoms with van der Waals surface area (Å²) < 4.78 is 5.33. The Morgan fingerprint density at radius 2 is 2.42 bits per heavy atom. The average Bonchev–Trinajstić information content (AvgIpc) is 2.88. The summed E-state index contributed by atoms with van der Waals surface area (Å²) in [6.45, 7) is 1.30. The van der Waals surface area contributed by atoms with Crippen LogP contribution in [0.2, 0.25) is 0 Å². The van der Waals surface area contributed by atoms with Crippen molar-refractivity contribution in [1.29, 1.82) is 0 Å². The number of carboxylic acids is 1. The van der Waals surface area contributed by atoms with Crippen molar-refractivity contribution in [3.63, 3.8) is 0 Å². The van der Waals surface area contributed by atoms with E-state index in [1.54, 1.807) is 11.1 Å². The Bertz CT molecular complexity index is 435. The number of morpholine rings is 1. The Kier molecular flexibility index (Phi) is 4.86. The van der Waals surface area contributed by atoms with Crippen LogP contribution < -0.4 is 0 Å². The molecule has 19 heavy (non-hydrogen) atoms. The molecule has 0 aromatic carbocycles. The fourth-order valence-corrected chi connectivity index (χ4v) is 2.63. The fraction of sp³-hybridized carbons (Fsp3) is 0.583. The number of aryl methyl sites for hydroxylation is 1. The van der Waals surface area contributed by atoms with E-state index < -0.39 is 12.1 Å². The number of aliphatic carboxylic acids is 1. The minimum absolute atomic E-state index is 0.0360. The lowest BCUT2D eigenvalue weighted by atomic mass is 10.2. The first-order valence-electron chi connectivity index (χ1n) is 6.14. The molecule has 0 spiro atoms. The number of hydrogen-bond acceptors (Lipinski definition) is 5. The lowest BCUT2D eigenvalue weighted by Crippen LogP contribution is -2.46. The van der Waals surface area contributed by atoms with E-state index >= 15 is 0 Å². The lowest BCUT2D eigenvalue weighted by Gasteiger charge is -2.32. The maximum absolute atomic E-state index is 12.0. The maximum atomic E-state index is 12.0. The topological polar surface area (TPSA) is 79.7 Å². The van der Waals surface area contributed by atoms with E-state index in [1.807, 2.05) is 5.38 Å². The van der Waals surface area contributed by atoms with Crippen LogP contribution in [0, 0.1) is 0 Å². The van der Waals surface area contributed by atoms with Gasteiger partial charge in [0.2, 0.25) is 5.91 Å². The van der Waals surface area contributed by atoms with Gasteiger partial charge in [-0.1, -0.05) is 0 Å². The summed E-state index contributed by atoms with van der Waals surface area (Å²) in [5, 5.41) is 11.6. The van der Waals surface area contributed by atoms with Crippen LogP contribution in [0.3, 0.4) is 0 Å². The third kappa shape index (κ3) is 4.29. The first-order chi connectivity index (χ1) is 9.15. The third-order valence-electron chi connectivity index (χ3n) is 2.93.